The summed E-state index contributed by atoms with van der Waals surface area (Å²) in [5.74, 6) is -0.383. The Morgan fingerprint density at radius 3 is 2.18 bits per heavy atom. The summed E-state index contributed by atoms with van der Waals surface area (Å²) in [6.45, 7) is 13.9. The Kier molecular flexibility index (Phi) is 12.9. The summed E-state index contributed by atoms with van der Waals surface area (Å²) in [6.07, 6.45) is -0.826. The maximum Gasteiger partial charge on any atom is 0.477 e. The van der Waals surface area contributed by atoms with E-state index in [1.807, 2.05) is 27.7 Å². The smallest absolute Gasteiger partial charge is 0.459 e. The molecule has 33 heavy (non-hydrogen) atoms. The second-order valence-corrected chi connectivity index (χ2v) is 11.3. The molecule has 0 bridgehead atoms. The standard InChI is InChI=1S/C21H41N2O9P/c1-16(2)12-29-33(26,30-13-17(3)4)31-15-28-20(25)23(10-18-14-27-9-8-22-18)11-19(24)32-21(5,6)7/h16-18,22H,8-15H2,1-7H3. The molecule has 1 saturated heterocycles. The Morgan fingerprint density at radius 2 is 1.70 bits per heavy atom. The van der Waals surface area contributed by atoms with Crippen LogP contribution in [-0.4, -0.2) is 81.5 Å². The molecule has 12 heteroatoms. The number of hydrogen-bond donors (Lipinski definition) is 1. The van der Waals surface area contributed by atoms with Crippen molar-refractivity contribution in [2.75, 3.05) is 52.9 Å². The highest BCUT2D eigenvalue weighted by atomic mass is 31.2. The Bertz CT molecular complexity index is 630. The molecule has 1 N–H and O–H groups in total. The van der Waals surface area contributed by atoms with E-state index in [4.69, 9.17) is 27.8 Å². The van der Waals surface area contributed by atoms with Gasteiger partial charge in [0.2, 0.25) is 6.79 Å². The lowest BCUT2D eigenvalue weighted by atomic mass is 10.2. The van der Waals surface area contributed by atoms with Crippen LogP contribution in [0.25, 0.3) is 0 Å². The van der Waals surface area contributed by atoms with E-state index in [1.54, 1.807) is 20.8 Å². The van der Waals surface area contributed by atoms with Crippen LogP contribution >= 0.6 is 7.82 Å². The van der Waals surface area contributed by atoms with Crippen LogP contribution in [0.1, 0.15) is 48.5 Å². The molecular formula is C21H41N2O9P. The number of carbonyl (C=O) groups excluding carboxylic acids is 2. The number of amides is 1. The molecule has 0 spiro atoms. The minimum absolute atomic E-state index is 0.0988. The van der Waals surface area contributed by atoms with Crippen LogP contribution in [0.5, 0.6) is 0 Å². The molecule has 0 aliphatic carbocycles. The lowest BCUT2D eigenvalue weighted by molar-refractivity contribution is -0.156. The monoisotopic (exact) mass is 496 g/mol. The number of hydrogen-bond acceptors (Lipinski definition) is 10. The van der Waals surface area contributed by atoms with Gasteiger partial charge in [-0.3, -0.25) is 18.7 Å². The van der Waals surface area contributed by atoms with Gasteiger partial charge in [-0.25, -0.2) is 13.9 Å². The number of phosphoric ester groups is 1. The first kappa shape index (κ1) is 29.8. The highest BCUT2D eigenvalue weighted by molar-refractivity contribution is 7.48. The van der Waals surface area contributed by atoms with Crippen molar-refractivity contribution < 1.29 is 41.9 Å². The minimum atomic E-state index is -3.92. The van der Waals surface area contributed by atoms with Crippen molar-refractivity contribution in [2.24, 2.45) is 11.8 Å². The second-order valence-electron chi connectivity index (χ2n) is 9.68. The number of ether oxygens (including phenoxy) is 3. The molecule has 0 saturated carbocycles. The number of carbonyl (C=O) groups is 2. The van der Waals surface area contributed by atoms with Crippen LogP contribution < -0.4 is 5.32 Å². The Labute approximate surface area is 197 Å². The van der Waals surface area contributed by atoms with E-state index in [9.17, 15) is 14.2 Å². The van der Waals surface area contributed by atoms with Crippen molar-refractivity contribution >= 4 is 19.9 Å². The van der Waals surface area contributed by atoms with Gasteiger partial charge < -0.3 is 19.5 Å². The number of nitrogens with zero attached hydrogens (tertiary/aromatic N) is 1. The van der Waals surface area contributed by atoms with E-state index in [1.165, 1.54) is 4.90 Å². The zero-order chi connectivity index (χ0) is 25.1. The quantitative estimate of drug-likeness (QED) is 0.231. The average Bonchev–Trinajstić information content (AvgIpc) is 2.70. The molecule has 1 atom stereocenters. The second kappa shape index (κ2) is 14.2. The van der Waals surface area contributed by atoms with Gasteiger partial charge in [0.25, 0.3) is 0 Å². The molecule has 0 radical (unpaired) electrons. The fourth-order valence-electron chi connectivity index (χ4n) is 2.56. The summed E-state index contributed by atoms with van der Waals surface area (Å²) in [7, 11) is -3.92. The summed E-state index contributed by atoms with van der Waals surface area (Å²) in [4.78, 5) is 26.2. The van der Waals surface area contributed by atoms with Gasteiger partial charge in [0.15, 0.2) is 0 Å². The van der Waals surface area contributed by atoms with E-state index < -0.39 is 32.3 Å². The van der Waals surface area contributed by atoms with E-state index in [-0.39, 0.29) is 44.2 Å². The van der Waals surface area contributed by atoms with Crippen LogP contribution in [0.4, 0.5) is 4.79 Å². The normalized spacial score (nSPS) is 17.3. The van der Waals surface area contributed by atoms with E-state index in [0.29, 0.717) is 19.8 Å². The maximum atomic E-state index is 12.9. The molecule has 194 valence electrons. The number of phosphoric acid groups is 1. The van der Waals surface area contributed by atoms with Gasteiger partial charge in [-0.05, 0) is 32.6 Å². The van der Waals surface area contributed by atoms with Gasteiger partial charge in [-0.15, -0.1) is 0 Å². The fraction of sp³-hybridized carbons (Fsp3) is 0.905. The van der Waals surface area contributed by atoms with Crippen LogP contribution in [0.3, 0.4) is 0 Å². The van der Waals surface area contributed by atoms with Gasteiger partial charge in [-0.2, -0.15) is 0 Å². The Morgan fingerprint density at radius 1 is 1.09 bits per heavy atom. The topological polar surface area (TPSA) is 122 Å². The van der Waals surface area contributed by atoms with Gasteiger partial charge in [0, 0.05) is 19.1 Å². The Hall–Kier alpha value is -1.23. The number of rotatable bonds is 13. The third-order valence-electron chi connectivity index (χ3n) is 3.96. The van der Waals surface area contributed by atoms with Crippen molar-refractivity contribution in [2.45, 2.75) is 60.1 Å². The summed E-state index contributed by atoms with van der Waals surface area (Å²) < 4.78 is 44.6. The van der Waals surface area contributed by atoms with Gasteiger partial charge in [0.1, 0.15) is 12.1 Å². The van der Waals surface area contributed by atoms with Crippen molar-refractivity contribution in [3.63, 3.8) is 0 Å². The van der Waals surface area contributed by atoms with Crippen molar-refractivity contribution in [3.05, 3.63) is 0 Å². The largest absolute Gasteiger partial charge is 0.477 e. The lowest BCUT2D eigenvalue weighted by Gasteiger charge is -2.30. The van der Waals surface area contributed by atoms with E-state index >= 15 is 0 Å². The zero-order valence-electron chi connectivity index (χ0n) is 21.0. The van der Waals surface area contributed by atoms with E-state index in [0.717, 1.165) is 0 Å². The highest BCUT2D eigenvalue weighted by Gasteiger charge is 2.30. The third kappa shape index (κ3) is 13.9. The zero-order valence-corrected chi connectivity index (χ0v) is 21.9. The van der Waals surface area contributed by atoms with E-state index in [2.05, 4.69) is 5.32 Å². The molecule has 1 aliphatic rings. The summed E-state index contributed by atoms with van der Waals surface area (Å²) in [6, 6.07) is -0.176. The van der Waals surface area contributed by atoms with Crippen molar-refractivity contribution in [1.29, 1.82) is 0 Å². The molecule has 0 aromatic carbocycles. The van der Waals surface area contributed by atoms with Gasteiger partial charge in [-0.1, -0.05) is 27.7 Å². The first-order chi connectivity index (χ1) is 15.3. The SMILES string of the molecule is CC(C)COP(=O)(OCOC(=O)N(CC(=O)OC(C)(C)C)CC1COCCN1)OCC(C)C. The molecule has 1 amide bonds. The first-order valence-corrected chi connectivity index (χ1v) is 12.7. The third-order valence-corrected chi connectivity index (χ3v) is 5.31. The lowest BCUT2D eigenvalue weighted by Crippen LogP contribution is -2.51. The molecule has 1 heterocycles. The molecule has 11 nitrogen and oxygen atoms in total. The average molecular weight is 497 g/mol. The number of nitrogens with one attached hydrogen (secondary N) is 1. The van der Waals surface area contributed by atoms with Crippen LogP contribution in [0, 0.1) is 11.8 Å². The minimum Gasteiger partial charge on any atom is -0.459 e. The molecular weight excluding hydrogens is 455 g/mol. The number of morpholine rings is 1. The molecule has 1 fully saturated rings. The molecule has 0 aromatic rings. The van der Waals surface area contributed by atoms with Crippen LogP contribution in [-0.2, 0) is 37.1 Å². The van der Waals surface area contributed by atoms with Crippen LogP contribution in [0.2, 0.25) is 0 Å². The first-order valence-electron chi connectivity index (χ1n) is 11.3. The van der Waals surface area contributed by atoms with Crippen LogP contribution in [0.15, 0.2) is 0 Å². The molecule has 1 aliphatic heterocycles. The summed E-state index contributed by atoms with van der Waals surface area (Å²) in [5, 5.41) is 3.22. The van der Waals surface area contributed by atoms with Gasteiger partial charge >= 0.3 is 19.9 Å². The van der Waals surface area contributed by atoms with Crippen molar-refractivity contribution in [1.82, 2.24) is 10.2 Å². The maximum absolute atomic E-state index is 12.9. The summed E-state index contributed by atoms with van der Waals surface area (Å²) in [5.41, 5.74) is -0.698. The highest BCUT2D eigenvalue weighted by Crippen LogP contribution is 2.50. The predicted molar refractivity (Wildman–Crippen MR) is 122 cm³/mol. The van der Waals surface area contributed by atoms with Gasteiger partial charge in [0.05, 0.1) is 26.4 Å². The predicted octanol–water partition coefficient (Wildman–Crippen LogP) is 3.18. The number of esters is 1. The molecule has 1 rings (SSSR count). The summed E-state index contributed by atoms with van der Waals surface area (Å²) >= 11 is 0. The fourth-order valence-corrected chi connectivity index (χ4v) is 3.93. The molecule has 1 unspecified atom stereocenters. The molecule has 0 aromatic heterocycles. The van der Waals surface area contributed by atoms with Crippen molar-refractivity contribution in [3.8, 4) is 0 Å². The Balaban J connectivity index is 2.73.